The van der Waals surface area contributed by atoms with Crippen molar-refractivity contribution in [1.82, 2.24) is 10.3 Å². The summed E-state index contributed by atoms with van der Waals surface area (Å²) in [5.74, 6) is -0.0439. The number of hydrogen-bond acceptors (Lipinski definition) is 4. The fourth-order valence-corrected chi connectivity index (χ4v) is 1.95. The number of carbonyl (C=O) groups excluding carboxylic acids is 2. The number of hydrogen-bond donors (Lipinski definition) is 2. The normalized spacial score (nSPS) is 9.91. The third-order valence-corrected chi connectivity index (χ3v) is 2.94. The van der Waals surface area contributed by atoms with Crippen molar-refractivity contribution in [3.8, 4) is 5.75 Å². The molecule has 1 aromatic carbocycles. The van der Waals surface area contributed by atoms with Crippen LogP contribution >= 0.6 is 0 Å². The molecule has 0 atom stereocenters. The lowest BCUT2D eigenvalue weighted by Gasteiger charge is -2.11. The Morgan fingerprint density at radius 3 is 2.73 bits per heavy atom. The van der Waals surface area contributed by atoms with E-state index in [9.17, 15) is 9.59 Å². The Labute approximate surface area is 128 Å². The number of amides is 2. The standard InChI is InChI=1S/C16H17N3O3/c1-11(20)19-13-5-6-15(22-2)14(8-13)16(21)18-10-12-4-3-7-17-9-12/h3-9H,10H2,1-2H3,(H,18,21)(H,19,20). The lowest BCUT2D eigenvalue weighted by molar-refractivity contribution is -0.114. The first kappa shape index (κ1) is 15.5. The predicted molar refractivity (Wildman–Crippen MR) is 82.7 cm³/mol. The van der Waals surface area contributed by atoms with Crippen LogP contribution in [-0.4, -0.2) is 23.9 Å². The first-order valence-corrected chi connectivity index (χ1v) is 6.73. The summed E-state index contributed by atoms with van der Waals surface area (Å²) in [5.41, 5.74) is 1.80. The molecular formula is C16H17N3O3. The van der Waals surface area contributed by atoms with Crippen molar-refractivity contribution in [2.45, 2.75) is 13.5 Å². The van der Waals surface area contributed by atoms with Crippen molar-refractivity contribution in [2.24, 2.45) is 0 Å². The molecule has 2 aromatic rings. The summed E-state index contributed by atoms with van der Waals surface area (Å²) in [6.45, 7) is 1.77. The Morgan fingerprint density at radius 2 is 2.09 bits per heavy atom. The summed E-state index contributed by atoms with van der Waals surface area (Å²) in [6, 6.07) is 8.58. The zero-order valence-electron chi connectivity index (χ0n) is 12.4. The van der Waals surface area contributed by atoms with Gasteiger partial charge in [0.05, 0.1) is 12.7 Å². The van der Waals surface area contributed by atoms with Crippen LogP contribution in [0.2, 0.25) is 0 Å². The van der Waals surface area contributed by atoms with Gasteiger partial charge in [0.15, 0.2) is 0 Å². The quantitative estimate of drug-likeness (QED) is 0.884. The number of ether oxygens (including phenoxy) is 1. The maximum atomic E-state index is 12.3. The molecule has 6 nitrogen and oxygen atoms in total. The maximum Gasteiger partial charge on any atom is 0.255 e. The summed E-state index contributed by atoms with van der Waals surface area (Å²) < 4.78 is 5.19. The Hall–Kier alpha value is -2.89. The van der Waals surface area contributed by atoms with Crippen molar-refractivity contribution >= 4 is 17.5 Å². The molecule has 6 heteroatoms. The molecule has 0 spiro atoms. The zero-order chi connectivity index (χ0) is 15.9. The van der Waals surface area contributed by atoms with E-state index in [-0.39, 0.29) is 11.8 Å². The van der Waals surface area contributed by atoms with Crippen molar-refractivity contribution in [2.75, 3.05) is 12.4 Å². The minimum Gasteiger partial charge on any atom is -0.496 e. The van der Waals surface area contributed by atoms with E-state index in [0.29, 0.717) is 23.5 Å². The molecule has 0 radical (unpaired) electrons. The van der Waals surface area contributed by atoms with Crippen molar-refractivity contribution in [3.05, 3.63) is 53.9 Å². The van der Waals surface area contributed by atoms with E-state index in [0.717, 1.165) is 5.56 Å². The van der Waals surface area contributed by atoms with E-state index >= 15 is 0 Å². The smallest absolute Gasteiger partial charge is 0.255 e. The van der Waals surface area contributed by atoms with Gasteiger partial charge in [0.2, 0.25) is 5.91 Å². The number of methoxy groups -OCH3 is 1. The lowest BCUT2D eigenvalue weighted by atomic mass is 10.1. The number of nitrogens with one attached hydrogen (secondary N) is 2. The first-order chi connectivity index (χ1) is 10.6. The number of rotatable bonds is 5. The highest BCUT2D eigenvalue weighted by atomic mass is 16.5. The minimum absolute atomic E-state index is 0.202. The van der Waals surface area contributed by atoms with Crippen LogP contribution in [0.25, 0.3) is 0 Å². The Balaban J connectivity index is 2.14. The summed E-state index contributed by atoms with van der Waals surface area (Å²) >= 11 is 0. The van der Waals surface area contributed by atoms with Gasteiger partial charge in [-0.05, 0) is 29.8 Å². The Kier molecular flexibility index (Phi) is 5.08. The monoisotopic (exact) mass is 299 g/mol. The van der Waals surface area contributed by atoms with Gasteiger partial charge in [-0.1, -0.05) is 6.07 Å². The van der Waals surface area contributed by atoms with E-state index in [1.165, 1.54) is 14.0 Å². The average molecular weight is 299 g/mol. The Bertz CT molecular complexity index is 672. The van der Waals surface area contributed by atoms with Gasteiger partial charge < -0.3 is 15.4 Å². The molecule has 0 fully saturated rings. The van der Waals surface area contributed by atoms with Gasteiger partial charge in [-0.2, -0.15) is 0 Å². The Morgan fingerprint density at radius 1 is 1.27 bits per heavy atom. The number of carbonyl (C=O) groups is 2. The van der Waals surface area contributed by atoms with E-state index in [2.05, 4.69) is 15.6 Å². The lowest BCUT2D eigenvalue weighted by Crippen LogP contribution is -2.23. The third-order valence-electron chi connectivity index (χ3n) is 2.94. The van der Waals surface area contributed by atoms with Crippen LogP contribution in [-0.2, 0) is 11.3 Å². The van der Waals surface area contributed by atoms with Crippen LogP contribution in [0.5, 0.6) is 5.75 Å². The van der Waals surface area contributed by atoms with E-state index in [1.54, 1.807) is 36.7 Å². The number of aromatic nitrogens is 1. The molecule has 2 N–H and O–H groups in total. The molecule has 0 aliphatic carbocycles. The van der Waals surface area contributed by atoms with Gasteiger partial charge in [-0.25, -0.2) is 0 Å². The molecule has 0 unspecified atom stereocenters. The first-order valence-electron chi connectivity index (χ1n) is 6.73. The van der Waals surface area contributed by atoms with Crippen LogP contribution in [0, 0.1) is 0 Å². The SMILES string of the molecule is COc1ccc(NC(C)=O)cc1C(=O)NCc1cccnc1. The fraction of sp³-hybridized carbons (Fsp3) is 0.188. The molecule has 114 valence electrons. The second kappa shape index (κ2) is 7.21. The molecule has 2 amide bonds. The predicted octanol–water partition coefficient (Wildman–Crippen LogP) is 1.98. The van der Waals surface area contributed by atoms with Crippen LogP contribution < -0.4 is 15.4 Å². The summed E-state index contributed by atoms with van der Waals surface area (Å²) in [4.78, 5) is 27.4. The van der Waals surface area contributed by atoms with Gasteiger partial charge in [-0.3, -0.25) is 14.6 Å². The van der Waals surface area contributed by atoms with Crippen molar-refractivity contribution < 1.29 is 14.3 Å². The van der Waals surface area contributed by atoms with Crippen LogP contribution in [0.4, 0.5) is 5.69 Å². The van der Waals surface area contributed by atoms with Crippen molar-refractivity contribution in [3.63, 3.8) is 0 Å². The highest BCUT2D eigenvalue weighted by Gasteiger charge is 2.13. The second-order valence-electron chi connectivity index (χ2n) is 4.64. The van der Waals surface area contributed by atoms with E-state index in [4.69, 9.17) is 4.74 Å². The van der Waals surface area contributed by atoms with Gasteiger partial charge in [-0.15, -0.1) is 0 Å². The number of pyridine rings is 1. The summed E-state index contributed by atoms with van der Waals surface area (Å²) in [5, 5.41) is 5.44. The zero-order valence-corrected chi connectivity index (χ0v) is 12.4. The topological polar surface area (TPSA) is 80.3 Å². The van der Waals surface area contributed by atoms with Crippen LogP contribution in [0.15, 0.2) is 42.7 Å². The molecule has 0 bridgehead atoms. The maximum absolute atomic E-state index is 12.3. The number of nitrogens with zero attached hydrogens (tertiary/aromatic N) is 1. The van der Waals surface area contributed by atoms with E-state index < -0.39 is 0 Å². The average Bonchev–Trinajstić information content (AvgIpc) is 2.53. The molecule has 0 aliphatic heterocycles. The van der Waals surface area contributed by atoms with Gasteiger partial charge >= 0.3 is 0 Å². The molecule has 1 heterocycles. The third kappa shape index (κ3) is 4.05. The van der Waals surface area contributed by atoms with Gasteiger partial charge in [0.1, 0.15) is 5.75 Å². The number of anilines is 1. The van der Waals surface area contributed by atoms with Crippen LogP contribution in [0.3, 0.4) is 0 Å². The molecule has 2 rings (SSSR count). The van der Waals surface area contributed by atoms with Crippen molar-refractivity contribution in [1.29, 1.82) is 0 Å². The minimum atomic E-state index is -0.284. The molecular weight excluding hydrogens is 282 g/mol. The summed E-state index contributed by atoms with van der Waals surface area (Å²) in [6.07, 6.45) is 3.36. The van der Waals surface area contributed by atoms with E-state index in [1.807, 2.05) is 6.07 Å². The van der Waals surface area contributed by atoms with Gasteiger partial charge in [0.25, 0.3) is 5.91 Å². The molecule has 22 heavy (non-hydrogen) atoms. The fourth-order valence-electron chi connectivity index (χ4n) is 1.95. The van der Waals surface area contributed by atoms with Crippen LogP contribution in [0.1, 0.15) is 22.8 Å². The second-order valence-corrected chi connectivity index (χ2v) is 4.64. The number of benzene rings is 1. The van der Waals surface area contributed by atoms with Gasteiger partial charge in [0, 0.05) is 31.5 Å². The molecule has 0 aliphatic rings. The molecule has 0 saturated heterocycles. The summed E-state index contributed by atoms with van der Waals surface area (Å²) in [7, 11) is 1.49. The largest absolute Gasteiger partial charge is 0.496 e. The molecule has 0 saturated carbocycles. The molecule has 1 aromatic heterocycles. The highest BCUT2D eigenvalue weighted by molar-refractivity contribution is 5.99. The highest BCUT2D eigenvalue weighted by Crippen LogP contribution is 2.22.